The molecule has 9 heteroatoms. The molecule has 0 spiro atoms. The zero-order chi connectivity index (χ0) is 13.9. The Balaban J connectivity index is 3.62. The summed E-state index contributed by atoms with van der Waals surface area (Å²) in [4.78, 5) is 0.742. The molecular weight excluding hydrogens is 417 g/mol. The number of hydrogen-bond acceptors (Lipinski definition) is 3. The van der Waals surface area contributed by atoms with Crippen molar-refractivity contribution in [1.82, 2.24) is 0 Å². The van der Waals surface area contributed by atoms with Gasteiger partial charge in [-0.25, -0.2) is 0 Å². The van der Waals surface area contributed by atoms with Crippen molar-refractivity contribution in [3.05, 3.63) is 27.8 Å². The molecule has 0 N–H and O–H groups in total. The first-order valence-electron chi connectivity index (χ1n) is 4.40. The lowest BCUT2D eigenvalue weighted by Gasteiger charge is -2.25. The maximum atomic E-state index is 6.39. The standard InChI is InChI=1S/C9H6Cl6S3/c1-4-2-5(3-10)7(11)6(8(4)16-13)9(12,17-14)18-15/h2H,3H2,1H3. The molecule has 0 radical (unpaired) electrons. The fourth-order valence-electron chi connectivity index (χ4n) is 1.40. The third-order valence-corrected chi connectivity index (χ3v) is 8.43. The van der Waals surface area contributed by atoms with Gasteiger partial charge in [0.05, 0.1) is 5.02 Å². The Bertz CT molecular complexity index is 435. The van der Waals surface area contributed by atoms with Gasteiger partial charge in [-0.1, -0.05) is 29.3 Å². The molecule has 1 aromatic rings. The summed E-state index contributed by atoms with van der Waals surface area (Å²) in [6.07, 6.45) is 0. The molecule has 1 aromatic carbocycles. The van der Waals surface area contributed by atoms with Crippen LogP contribution in [0.4, 0.5) is 0 Å². The lowest BCUT2D eigenvalue weighted by Crippen LogP contribution is -2.10. The maximum absolute atomic E-state index is 6.39. The number of alkyl halides is 2. The zero-order valence-corrected chi connectivity index (χ0v) is 15.8. The average molecular weight is 423 g/mol. The highest BCUT2D eigenvalue weighted by atomic mass is 35.7. The first-order chi connectivity index (χ1) is 8.45. The highest BCUT2D eigenvalue weighted by Gasteiger charge is 2.37. The van der Waals surface area contributed by atoms with Gasteiger partial charge >= 0.3 is 0 Å². The van der Waals surface area contributed by atoms with Gasteiger partial charge in [-0.05, 0) is 83.0 Å². The average Bonchev–Trinajstić information content (AvgIpc) is 2.39. The van der Waals surface area contributed by atoms with Crippen LogP contribution in [0.2, 0.25) is 5.02 Å². The van der Waals surface area contributed by atoms with Crippen LogP contribution in [0, 0.1) is 6.92 Å². The molecule has 0 bridgehead atoms. The Morgan fingerprint density at radius 2 is 1.78 bits per heavy atom. The van der Waals surface area contributed by atoms with Crippen molar-refractivity contribution in [1.29, 1.82) is 0 Å². The van der Waals surface area contributed by atoms with E-state index in [1.165, 1.54) is 0 Å². The molecule has 0 nitrogen and oxygen atoms in total. The van der Waals surface area contributed by atoms with Crippen LogP contribution in [0.1, 0.15) is 16.7 Å². The summed E-state index contributed by atoms with van der Waals surface area (Å²) in [5.41, 5.74) is 2.27. The molecule has 0 aliphatic heterocycles. The summed E-state index contributed by atoms with van der Waals surface area (Å²) in [6, 6.07) is 1.87. The van der Waals surface area contributed by atoms with Gasteiger partial charge in [0.2, 0.25) is 0 Å². The molecule has 1 rings (SSSR count). The quantitative estimate of drug-likeness (QED) is 0.351. The fraction of sp³-hybridized carbons (Fsp3) is 0.333. The van der Waals surface area contributed by atoms with E-state index in [0.717, 1.165) is 48.9 Å². The van der Waals surface area contributed by atoms with Crippen molar-refractivity contribution in [3.63, 3.8) is 0 Å². The number of benzene rings is 1. The predicted octanol–water partition coefficient (Wildman–Crippen LogP) is 7.76. The predicted molar refractivity (Wildman–Crippen MR) is 91.9 cm³/mol. The monoisotopic (exact) mass is 420 g/mol. The second-order valence-electron chi connectivity index (χ2n) is 3.27. The minimum atomic E-state index is -1.12. The first-order valence-corrected chi connectivity index (χ1v) is 10.6. The van der Waals surface area contributed by atoms with Crippen molar-refractivity contribution in [2.24, 2.45) is 0 Å². The molecular formula is C9H6Cl6S3. The Kier molecular flexibility index (Phi) is 7.89. The summed E-state index contributed by atoms with van der Waals surface area (Å²) in [5, 5.41) is 0.440. The SMILES string of the molecule is Cc1cc(CCl)c(Cl)c(C(Cl)(SCl)SCl)c1SCl. The van der Waals surface area contributed by atoms with Crippen molar-refractivity contribution in [2.75, 3.05) is 0 Å². The van der Waals surface area contributed by atoms with Gasteiger partial charge in [0.1, 0.15) is 0 Å². The number of rotatable bonds is 5. The van der Waals surface area contributed by atoms with Crippen LogP contribution in [0.25, 0.3) is 0 Å². The molecule has 0 aliphatic carbocycles. The summed E-state index contributed by atoms with van der Waals surface area (Å²) in [5.74, 6) is 0.271. The summed E-state index contributed by atoms with van der Waals surface area (Å²) < 4.78 is -1.12. The van der Waals surface area contributed by atoms with Crippen LogP contribution >= 0.6 is 99.8 Å². The van der Waals surface area contributed by atoms with E-state index < -0.39 is 3.54 Å². The van der Waals surface area contributed by atoms with Crippen LogP contribution in [0.3, 0.4) is 0 Å². The second-order valence-corrected chi connectivity index (χ2v) is 8.68. The summed E-state index contributed by atoms with van der Waals surface area (Å²) in [6.45, 7) is 1.90. The molecule has 0 atom stereocenters. The first kappa shape index (κ1) is 18.1. The lowest BCUT2D eigenvalue weighted by molar-refractivity contribution is 1.12. The van der Waals surface area contributed by atoms with E-state index in [2.05, 4.69) is 0 Å². The molecule has 0 aliphatic rings. The molecule has 18 heavy (non-hydrogen) atoms. The van der Waals surface area contributed by atoms with Gasteiger partial charge in [0.15, 0.2) is 3.54 Å². The Morgan fingerprint density at radius 1 is 1.22 bits per heavy atom. The third kappa shape index (κ3) is 3.61. The third-order valence-electron chi connectivity index (χ3n) is 2.20. The van der Waals surface area contributed by atoms with Crippen molar-refractivity contribution >= 4 is 99.8 Å². The molecule has 0 unspecified atom stereocenters. The minimum Gasteiger partial charge on any atom is -0.121 e. The van der Waals surface area contributed by atoms with Crippen LogP contribution in [0.5, 0.6) is 0 Å². The van der Waals surface area contributed by atoms with Gasteiger partial charge in [-0.2, -0.15) is 0 Å². The molecule has 0 saturated heterocycles. The highest BCUT2D eigenvalue weighted by molar-refractivity contribution is 8.38. The van der Waals surface area contributed by atoms with Gasteiger partial charge in [0, 0.05) is 16.3 Å². The van der Waals surface area contributed by atoms with Gasteiger partial charge in [-0.3, -0.25) is 0 Å². The van der Waals surface area contributed by atoms with E-state index in [1.807, 2.05) is 13.0 Å². The van der Waals surface area contributed by atoms with E-state index in [9.17, 15) is 0 Å². The number of halogens is 6. The molecule has 0 heterocycles. The fourth-order valence-corrected chi connectivity index (χ4v) is 5.71. The van der Waals surface area contributed by atoms with Gasteiger partial charge in [-0.15, -0.1) is 11.6 Å². The molecule has 0 aromatic heterocycles. The van der Waals surface area contributed by atoms with Gasteiger partial charge in [0.25, 0.3) is 0 Å². The lowest BCUT2D eigenvalue weighted by atomic mass is 10.1. The van der Waals surface area contributed by atoms with Crippen molar-refractivity contribution in [2.45, 2.75) is 21.2 Å². The molecule has 0 saturated carbocycles. The maximum Gasteiger partial charge on any atom is 0.191 e. The second kappa shape index (κ2) is 7.86. The number of hydrogen-bond donors (Lipinski definition) is 0. The van der Waals surface area contributed by atoms with Crippen LogP contribution in [-0.2, 0) is 9.42 Å². The van der Waals surface area contributed by atoms with Crippen molar-refractivity contribution < 1.29 is 0 Å². The summed E-state index contributed by atoms with van der Waals surface area (Å²) >= 11 is 18.6. The molecule has 0 fully saturated rings. The van der Waals surface area contributed by atoms with E-state index in [4.69, 9.17) is 66.8 Å². The summed E-state index contributed by atoms with van der Waals surface area (Å²) in [7, 11) is 20.3. The Hall–Kier alpha value is 2.01. The van der Waals surface area contributed by atoms with E-state index in [-0.39, 0.29) is 5.88 Å². The smallest absolute Gasteiger partial charge is 0.121 e. The van der Waals surface area contributed by atoms with Crippen LogP contribution in [-0.4, -0.2) is 0 Å². The van der Waals surface area contributed by atoms with E-state index in [1.54, 1.807) is 0 Å². The van der Waals surface area contributed by atoms with Gasteiger partial charge < -0.3 is 0 Å². The van der Waals surface area contributed by atoms with E-state index in [0.29, 0.717) is 10.6 Å². The van der Waals surface area contributed by atoms with E-state index >= 15 is 0 Å². The number of aryl methyl sites for hydroxylation is 1. The minimum absolute atomic E-state index is 0.271. The molecule has 102 valence electrons. The van der Waals surface area contributed by atoms with Crippen molar-refractivity contribution in [3.8, 4) is 0 Å². The normalized spacial score (nSPS) is 11.9. The Morgan fingerprint density at radius 3 is 2.17 bits per heavy atom. The zero-order valence-electron chi connectivity index (χ0n) is 8.78. The van der Waals surface area contributed by atoms with Crippen LogP contribution in [0.15, 0.2) is 11.0 Å². The topological polar surface area (TPSA) is 0 Å². The highest BCUT2D eigenvalue weighted by Crippen LogP contribution is 2.59. The largest absolute Gasteiger partial charge is 0.191 e. The Labute approximate surface area is 147 Å². The van der Waals surface area contributed by atoms with Crippen LogP contribution < -0.4 is 0 Å². The molecule has 0 amide bonds.